The maximum atomic E-state index is 6.52. The van der Waals surface area contributed by atoms with Gasteiger partial charge in [-0.05, 0) is 48.9 Å². The number of fused-ring (bicyclic) bond motifs is 2. The van der Waals surface area contributed by atoms with E-state index in [4.69, 9.17) is 4.74 Å². The van der Waals surface area contributed by atoms with Crippen molar-refractivity contribution in [1.82, 2.24) is 0 Å². The number of hydrogen-bond acceptors (Lipinski definition) is 1. The minimum Gasteiger partial charge on any atom is -0.372 e. The lowest BCUT2D eigenvalue weighted by Crippen LogP contribution is -2.48. The van der Waals surface area contributed by atoms with Crippen LogP contribution in [0.5, 0.6) is 0 Å². The first-order valence-electron chi connectivity index (χ1n) is 10.2. The van der Waals surface area contributed by atoms with Crippen molar-refractivity contribution >= 4 is 0 Å². The summed E-state index contributed by atoms with van der Waals surface area (Å²) in [6.45, 7) is 16.8. The molecule has 2 aliphatic rings. The number of nitrogens with zero attached hydrogens (tertiary/aromatic N) is 1. The van der Waals surface area contributed by atoms with Crippen molar-refractivity contribution in [1.29, 1.82) is 0 Å². The molecule has 0 amide bonds. The van der Waals surface area contributed by atoms with Crippen molar-refractivity contribution in [3.8, 4) is 0 Å². The molecule has 0 N–H and O–H groups in total. The van der Waals surface area contributed by atoms with Gasteiger partial charge in [0.1, 0.15) is 6.54 Å². The Morgan fingerprint density at radius 2 is 1.61 bits per heavy atom. The Hall–Kier alpha value is -0.0800. The maximum absolute atomic E-state index is 6.52. The molecule has 2 aliphatic carbocycles. The average Bonchev–Trinajstić information content (AvgIpc) is 2.84. The van der Waals surface area contributed by atoms with Gasteiger partial charge in [0.15, 0.2) is 0 Å². The lowest BCUT2D eigenvalue weighted by Gasteiger charge is -2.40. The molecule has 136 valence electrons. The smallest absolute Gasteiger partial charge is 0.102 e. The highest BCUT2D eigenvalue weighted by Crippen LogP contribution is 2.66. The zero-order chi connectivity index (χ0) is 17.1. The Morgan fingerprint density at radius 3 is 2.04 bits per heavy atom. The minimum atomic E-state index is 0.411. The largest absolute Gasteiger partial charge is 0.372 e. The third-order valence-electron chi connectivity index (χ3n) is 7.77. The Bertz CT molecular complexity index is 370. The molecule has 0 aromatic heterocycles. The minimum absolute atomic E-state index is 0.411. The molecule has 2 saturated carbocycles. The van der Waals surface area contributed by atoms with Crippen LogP contribution in [0.1, 0.15) is 79.6 Å². The number of unbranched alkanes of at least 4 members (excludes halogenated alkanes) is 2. The van der Waals surface area contributed by atoms with Crippen LogP contribution in [0.3, 0.4) is 0 Å². The van der Waals surface area contributed by atoms with Gasteiger partial charge in [-0.1, -0.05) is 47.5 Å². The van der Waals surface area contributed by atoms with Crippen molar-refractivity contribution < 1.29 is 9.22 Å². The van der Waals surface area contributed by atoms with Gasteiger partial charge in [-0.25, -0.2) is 0 Å². The topological polar surface area (TPSA) is 9.23 Å². The van der Waals surface area contributed by atoms with E-state index in [2.05, 4.69) is 41.7 Å². The van der Waals surface area contributed by atoms with E-state index < -0.39 is 0 Å². The molecule has 2 heteroatoms. The molecule has 23 heavy (non-hydrogen) atoms. The van der Waals surface area contributed by atoms with Crippen LogP contribution in [0, 0.1) is 16.7 Å². The molecular formula is C21H42NO+. The van der Waals surface area contributed by atoms with E-state index in [1.54, 1.807) is 0 Å². The summed E-state index contributed by atoms with van der Waals surface area (Å²) >= 11 is 0. The number of hydrogen-bond donors (Lipinski definition) is 0. The van der Waals surface area contributed by atoms with Crippen LogP contribution in [0.15, 0.2) is 0 Å². The molecule has 2 bridgehead atoms. The molecule has 0 aromatic rings. The first kappa shape index (κ1) is 19.2. The van der Waals surface area contributed by atoms with Gasteiger partial charge in [-0.15, -0.1) is 0 Å². The first-order chi connectivity index (χ1) is 10.8. The molecule has 0 aromatic carbocycles. The Balaban J connectivity index is 1.85. The van der Waals surface area contributed by atoms with E-state index in [0.717, 1.165) is 12.5 Å². The average molecular weight is 325 g/mol. The van der Waals surface area contributed by atoms with Crippen LogP contribution in [0.2, 0.25) is 0 Å². The van der Waals surface area contributed by atoms with Crippen LogP contribution in [-0.2, 0) is 4.74 Å². The van der Waals surface area contributed by atoms with E-state index in [0.29, 0.717) is 16.9 Å². The maximum Gasteiger partial charge on any atom is 0.102 e. The fourth-order valence-corrected chi connectivity index (χ4v) is 5.21. The first-order valence-corrected chi connectivity index (χ1v) is 10.2. The predicted molar refractivity (Wildman–Crippen MR) is 99.6 cm³/mol. The molecule has 0 heterocycles. The van der Waals surface area contributed by atoms with Crippen molar-refractivity contribution in [2.24, 2.45) is 16.7 Å². The van der Waals surface area contributed by atoms with Crippen LogP contribution in [0.25, 0.3) is 0 Å². The van der Waals surface area contributed by atoms with Gasteiger partial charge in [0.05, 0.1) is 32.8 Å². The zero-order valence-electron chi connectivity index (χ0n) is 16.8. The van der Waals surface area contributed by atoms with Crippen LogP contribution >= 0.6 is 0 Å². The van der Waals surface area contributed by atoms with Gasteiger partial charge in [0.25, 0.3) is 0 Å². The molecule has 0 saturated heterocycles. The normalized spacial score (nSPS) is 32.6. The summed E-state index contributed by atoms with van der Waals surface area (Å²) in [4.78, 5) is 0. The predicted octanol–water partition coefficient (Wildman–Crippen LogP) is 5.26. The molecule has 0 spiro atoms. The fourth-order valence-electron chi connectivity index (χ4n) is 5.21. The summed E-state index contributed by atoms with van der Waals surface area (Å²) in [5.74, 6) is 0.888. The Morgan fingerprint density at radius 1 is 1.00 bits per heavy atom. The van der Waals surface area contributed by atoms with E-state index in [1.807, 2.05) is 0 Å². The van der Waals surface area contributed by atoms with E-state index >= 15 is 0 Å². The standard InChI is InChI=1S/C21H42NO/c1-7-9-13-22(6,14-10-8-2)15-16-23-19-17-18-11-12-21(19,5)20(18,3)4/h18-19H,7-17H2,1-6H3/q+1/t18-,19+,21+/m0/s1. The second-order valence-corrected chi connectivity index (χ2v) is 9.47. The number of likely N-dealkylation sites (N-methyl/N-ethyl adjacent to an activating group) is 1. The van der Waals surface area contributed by atoms with Crippen LogP contribution in [-0.4, -0.2) is 43.9 Å². The highest BCUT2D eigenvalue weighted by atomic mass is 16.5. The Labute approximate surface area is 145 Å². The van der Waals surface area contributed by atoms with Gasteiger partial charge in [0, 0.05) is 0 Å². The van der Waals surface area contributed by atoms with E-state index in [-0.39, 0.29) is 0 Å². The summed E-state index contributed by atoms with van der Waals surface area (Å²) in [7, 11) is 2.45. The van der Waals surface area contributed by atoms with Crippen LogP contribution < -0.4 is 0 Å². The SMILES string of the molecule is CCCC[N+](C)(CCCC)CCO[C@@H]1C[C@@H]2CC[C@@]1(C)C2(C)C. The van der Waals surface area contributed by atoms with E-state index in [9.17, 15) is 0 Å². The van der Waals surface area contributed by atoms with Crippen molar-refractivity contribution in [2.45, 2.75) is 85.7 Å². The van der Waals surface area contributed by atoms with Crippen molar-refractivity contribution in [2.75, 3.05) is 33.3 Å². The molecule has 2 fully saturated rings. The summed E-state index contributed by atoms with van der Waals surface area (Å²) in [6, 6.07) is 0. The third kappa shape index (κ3) is 3.79. The molecular weight excluding hydrogens is 282 g/mol. The van der Waals surface area contributed by atoms with Crippen molar-refractivity contribution in [3.05, 3.63) is 0 Å². The summed E-state index contributed by atoms with van der Waals surface area (Å²) in [5, 5.41) is 0. The summed E-state index contributed by atoms with van der Waals surface area (Å²) in [6.07, 6.45) is 9.89. The third-order valence-corrected chi connectivity index (χ3v) is 7.77. The number of quaternary nitrogens is 1. The zero-order valence-corrected chi connectivity index (χ0v) is 16.8. The highest BCUT2D eigenvalue weighted by molar-refractivity contribution is 5.11. The lowest BCUT2D eigenvalue weighted by atomic mass is 9.70. The van der Waals surface area contributed by atoms with Gasteiger partial charge < -0.3 is 9.22 Å². The number of ether oxygens (including phenoxy) is 1. The van der Waals surface area contributed by atoms with E-state index in [1.165, 1.54) is 69.1 Å². The van der Waals surface area contributed by atoms with Gasteiger partial charge in [-0.3, -0.25) is 0 Å². The van der Waals surface area contributed by atoms with Gasteiger partial charge in [0.2, 0.25) is 0 Å². The summed E-state index contributed by atoms with van der Waals surface area (Å²) < 4.78 is 7.72. The second-order valence-electron chi connectivity index (χ2n) is 9.47. The van der Waals surface area contributed by atoms with Gasteiger partial charge in [-0.2, -0.15) is 0 Å². The quantitative estimate of drug-likeness (QED) is 0.498. The highest BCUT2D eigenvalue weighted by Gasteiger charge is 2.61. The molecule has 3 atom stereocenters. The lowest BCUT2D eigenvalue weighted by molar-refractivity contribution is -0.910. The van der Waals surface area contributed by atoms with Crippen molar-refractivity contribution in [3.63, 3.8) is 0 Å². The van der Waals surface area contributed by atoms with Gasteiger partial charge >= 0.3 is 0 Å². The molecule has 2 nitrogen and oxygen atoms in total. The second kappa shape index (κ2) is 7.44. The fraction of sp³-hybridized carbons (Fsp3) is 1.00. The number of rotatable bonds is 10. The summed E-state index contributed by atoms with van der Waals surface area (Å²) in [5.41, 5.74) is 0.883. The van der Waals surface area contributed by atoms with Crippen LogP contribution in [0.4, 0.5) is 0 Å². The Kier molecular flexibility index (Phi) is 6.22. The molecule has 2 rings (SSSR count). The molecule has 0 aliphatic heterocycles. The molecule has 0 unspecified atom stereocenters. The monoisotopic (exact) mass is 324 g/mol. The molecule has 0 radical (unpaired) electrons.